The highest BCUT2D eigenvalue weighted by Gasteiger charge is 2.24. The first-order valence-corrected chi connectivity index (χ1v) is 12.5. The van der Waals surface area contributed by atoms with Gasteiger partial charge in [-0.15, -0.1) is 5.10 Å². The predicted octanol–water partition coefficient (Wildman–Crippen LogP) is 1.79. The van der Waals surface area contributed by atoms with E-state index in [0.29, 0.717) is 31.1 Å². The highest BCUT2D eigenvalue weighted by Crippen LogP contribution is 2.31. The Bertz CT molecular complexity index is 1390. The fourth-order valence-corrected chi connectivity index (χ4v) is 5.45. The zero-order chi connectivity index (χ0) is 21.6. The SMILES string of the molecule is CS(=O)(=O)c1ccc2nc(N3CCN(C(=O)Cn4nnc5ccccc54)CC3)sc2c1. The van der Waals surface area contributed by atoms with Crippen LogP contribution in [-0.4, -0.2) is 71.6 Å². The summed E-state index contributed by atoms with van der Waals surface area (Å²) >= 11 is 1.47. The van der Waals surface area contributed by atoms with Gasteiger partial charge >= 0.3 is 0 Å². The summed E-state index contributed by atoms with van der Waals surface area (Å²) in [5, 5.41) is 9.04. The first-order valence-electron chi connectivity index (χ1n) is 9.80. The number of thiazole rings is 1. The van der Waals surface area contributed by atoms with Crippen molar-refractivity contribution in [3.05, 3.63) is 42.5 Å². The number of aromatic nitrogens is 4. The van der Waals surface area contributed by atoms with Gasteiger partial charge in [0.15, 0.2) is 15.0 Å². The van der Waals surface area contributed by atoms with E-state index in [0.717, 1.165) is 26.4 Å². The van der Waals surface area contributed by atoms with Gasteiger partial charge in [0.2, 0.25) is 5.91 Å². The molecule has 4 aromatic rings. The molecule has 1 aliphatic heterocycles. The van der Waals surface area contributed by atoms with Gasteiger partial charge in [0, 0.05) is 32.4 Å². The number of nitrogens with zero attached hydrogens (tertiary/aromatic N) is 6. The molecule has 9 nitrogen and oxygen atoms in total. The topological polar surface area (TPSA) is 101 Å². The van der Waals surface area contributed by atoms with Crippen molar-refractivity contribution in [3.63, 3.8) is 0 Å². The van der Waals surface area contributed by atoms with Crippen LogP contribution in [0, 0.1) is 0 Å². The number of rotatable bonds is 4. The van der Waals surface area contributed by atoms with Crippen molar-refractivity contribution in [1.29, 1.82) is 0 Å². The zero-order valence-corrected chi connectivity index (χ0v) is 18.4. The molecule has 160 valence electrons. The lowest BCUT2D eigenvalue weighted by Crippen LogP contribution is -2.49. The van der Waals surface area contributed by atoms with Crippen molar-refractivity contribution in [2.75, 3.05) is 37.3 Å². The molecule has 1 aliphatic rings. The molecule has 1 saturated heterocycles. The lowest BCUT2D eigenvalue weighted by molar-refractivity contribution is -0.132. The van der Waals surface area contributed by atoms with Crippen LogP contribution in [-0.2, 0) is 21.2 Å². The van der Waals surface area contributed by atoms with Gasteiger partial charge in [-0.25, -0.2) is 18.1 Å². The van der Waals surface area contributed by atoms with Gasteiger partial charge < -0.3 is 9.80 Å². The minimum atomic E-state index is -3.25. The highest BCUT2D eigenvalue weighted by molar-refractivity contribution is 7.90. The van der Waals surface area contributed by atoms with E-state index in [2.05, 4.69) is 20.2 Å². The van der Waals surface area contributed by atoms with Crippen molar-refractivity contribution < 1.29 is 13.2 Å². The molecule has 5 rings (SSSR count). The summed E-state index contributed by atoms with van der Waals surface area (Å²) in [4.78, 5) is 21.7. The molecule has 3 heterocycles. The third kappa shape index (κ3) is 3.86. The van der Waals surface area contributed by atoms with Crippen LogP contribution in [0.25, 0.3) is 21.3 Å². The molecular formula is C20H20N6O3S2. The summed E-state index contributed by atoms with van der Waals surface area (Å²) in [5.41, 5.74) is 2.40. The van der Waals surface area contributed by atoms with Crippen molar-refractivity contribution in [2.45, 2.75) is 11.4 Å². The van der Waals surface area contributed by atoms with E-state index >= 15 is 0 Å². The molecule has 31 heavy (non-hydrogen) atoms. The molecule has 0 N–H and O–H groups in total. The Morgan fingerprint density at radius 2 is 1.84 bits per heavy atom. The molecule has 0 bridgehead atoms. The second kappa shape index (κ2) is 7.57. The summed E-state index contributed by atoms with van der Waals surface area (Å²) in [5.74, 6) is 0.0115. The lowest BCUT2D eigenvalue weighted by Gasteiger charge is -2.34. The molecule has 1 amide bonds. The standard InChI is InChI=1S/C20H20N6O3S2/c1-31(28,29)14-6-7-16-18(12-14)30-20(21-16)25-10-8-24(9-11-25)19(27)13-26-17-5-3-2-4-15(17)22-23-26/h2-7,12H,8-11,13H2,1H3. The van der Waals surface area contributed by atoms with Crippen molar-refractivity contribution >= 4 is 53.5 Å². The fraction of sp³-hybridized carbons (Fsp3) is 0.300. The maximum absolute atomic E-state index is 12.8. The van der Waals surface area contributed by atoms with E-state index in [4.69, 9.17) is 0 Å². The molecule has 0 aliphatic carbocycles. The third-order valence-corrected chi connectivity index (χ3v) is 7.57. The van der Waals surface area contributed by atoms with Gasteiger partial charge in [0.05, 0.1) is 20.6 Å². The first kappa shape index (κ1) is 19.9. The number of carbonyl (C=O) groups excluding carboxylic acids is 1. The van der Waals surface area contributed by atoms with E-state index in [1.807, 2.05) is 29.2 Å². The van der Waals surface area contributed by atoms with E-state index in [-0.39, 0.29) is 12.5 Å². The fourth-order valence-electron chi connectivity index (χ4n) is 3.67. The van der Waals surface area contributed by atoms with Crippen molar-refractivity contribution in [1.82, 2.24) is 24.9 Å². The quantitative estimate of drug-likeness (QED) is 0.461. The maximum Gasteiger partial charge on any atom is 0.244 e. The molecule has 11 heteroatoms. The van der Waals surface area contributed by atoms with Crippen LogP contribution in [0.3, 0.4) is 0 Å². The van der Waals surface area contributed by atoms with Gasteiger partial charge in [0.1, 0.15) is 12.1 Å². The summed E-state index contributed by atoms with van der Waals surface area (Å²) in [7, 11) is -3.25. The monoisotopic (exact) mass is 456 g/mol. The molecule has 2 aromatic heterocycles. The summed E-state index contributed by atoms with van der Waals surface area (Å²) in [6, 6.07) is 12.6. The Kier molecular flexibility index (Phi) is 4.86. The number of piperazine rings is 1. The first-order chi connectivity index (χ1) is 14.9. The van der Waals surface area contributed by atoms with Gasteiger partial charge in [-0.1, -0.05) is 28.7 Å². The molecule has 1 fully saturated rings. The number of hydrogen-bond acceptors (Lipinski definition) is 8. The van der Waals surface area contributed by atoms with E-state index in [9.17, 15) is 13.2 Å². The average molecular weight is 457 g/mol. The van der Waals surface area contributed by atoms with Crippen LogP contribution in [0.2, 0.25) is 0 Å². The molecule has 0 radical (unpaired) electrons. The number of carbonyl (C=O) groups is 1. The normalized spacial score (nSPS) is 15.1. The molecular weight excluding hydrogens is 436 g/mol. The van der Waals surface area contributed by atoms with Crippen LogP contribution in [0.4, 0.5) is 5.13 Å². The average Bonchev–Trinajstić information content (AvgIpc) is 3.37. The van der Waals surface area contributed by atoms with E-state index < -0.39 is 9.84 Å². The lowest BCUT2D eigenvalue weighted by atomic mass is 10.3. The zero-order valence-electron chi connectivity index (χ0n) is 16.8. The summed E-state index contributed by atoms with van der Waals surface area (Å²) in [6.07, 6.45) is 1.20. The number of sulfone groups is 1. The minimum absolute atomic E-state index is 0.0115. The van der Waals surface area contributed by atoms with Crippen LogP contribution < -0.4 is 4.90 Å². The predicted molar refractivity (Wildman–Crippen MR) is 119 cm³/mol. The van der Waals surface area contributed by atoms with Crippen molar-refractivity contribution in [2.24, 2.45) is 0 Å². The number of hydrogen-bond donors (Lipinski definition) is 0. The molecule has 0 atom stereocenters. The molecule has 0 spiro atoms. The maximum atomic E-state index is 12.8. The second-order valence-corrected chi connectivity index (χ2v) is 10.5. The van der Waals surface area contributed by atoms with Crippen molar-refractivity contribution in [3.8, 4) is 0 Å². The number of fused-ring (bicyclic) bond motifs is 2. The molecule has 0 saturated carbocycles. The Morgan fingerprint density at radius 3 is 2.61 bits per heavy atom. The van der Waals surface area contributed by atoms with Crippen LogP contribution in [0.5, 0.6) is 0 Å². The van der Waals surface area contributed by atoms with Gasteiger partial charge in [-0.2, -0.15) is 0 Å². The number of benzene rings is 2. The highest BCUT2D eigenvalue weighted by atomic mass is 32.2. The van der Waals surface area contributed by atoms with Gasteiger partial charge in [-0.3, -0.25) is 4.79 Å². The molecule has 2 aromatic carbocycles. The van der Waals surface area contributed by atoms with E-state index in [1.54, 1.807) is 22.9 Å². The van der Waals surface area contributed by atoms with Gasteiger partial charge in [-0.05, 0) is 30.3 Å². The van der Waals surface area contributed by atoms with Crippen LogP contribution in [0.1, 0.15) is 0 Å². The number of para-hydroxylation sites is 1. The second-order valence-electron chi connectivity index (χ2n) is 7.50. The van der Waals surface area contributed by atoms with Gasteiger partial charge in [0.25, 0.3) is 0 Å². The van der Waals surface area contributed by atoms with E-state index in [1.165, 1.54) is 17.6 Å². The van der Waals surface area contributed by atoms with Crippen LogP contribution >= 0.6 is 11.3 Å². The largest absolute Gasteiger partial charge is 0.345 e. The number of amides is 1. The van der Waals surface area contributed by atoms with Crippen LogP contribution in [0.15, 0.2) is 47.4 Å². The minimum Gasteiger partial charge on any atom is -0.345 e. The Hall–Kier alpha value is -3.05. The third-order valence-electron chi connectivity index (χ3n) is 5.38. The number of anilines is 1. The Morgan fingerprint density at radius 1 is 1.06 bits per heavy atom. The molecule has 0 unspecified atom stereocenters. The Labute approximate surface area is 182 Å². The summed E-state index contributed by atoms with van der Waals surface area (Å²) < 4.78 is 26.1. The summed E-state index contributed by atoms with van der Waals surface area (Å²) in [6.45, 7) is 2.69. The Balaban J connectivity index is 1.26. The smallest absolute Gasteiger partial charge is 0.244 e.